The van der Waals surface area contributed by atoms with Gasteiger partial charge in [0, 0.05) is 16.2 Å². The van der Waals surface area contributed by atoms with Crippen molar-refractivity contribution in [3.63, 3.8) is 0 Å². The van der Waals surface area contributed by atoms with Gasteiger partial charge in [0.25, 0.3) is 0 Å². The fourth-order valence-corrected chi connectivity index (χ4v) is 2.50. The van der Waals surface area contributed by atoms with Gasteiger partial charge in [0.05, 0.1) is 5.75 Å². The van der Waals surface area contributed by atoms with Crippen molar-refractivity contribution in [1.82, 2.24) is 0 Å². The van der Waals surface area contributed by atoms with Crippen LogP contribution < -0.4 is 0 Å². The van der Waals surface area contributed by atoms with Crippen molar-refractivity contribution in [1.29, 1.82) is 0 Å². The minimum absolute atomic E-state index is 0.169. The molecule has 0 heterocycles. The van der Waals surface area contributed by atoms with E-state index in [1.807, 2.05) is 6.92 Å². The van der Waals surface area contributed by atoms with E-state index in [-0.39, 0.29) is 5.56 Å². The highest BCUT2D eigenvalue weighted by Gasteiger charge is 2.17. The lowest BCUT2D eigenvalue weighted by molar-refractivity contribution is 0.591. The van der Waals surface area contributed by atoms with Crippen LogP contribution in [-0.4, -0.2) is 8.42 Å². The molecule has 0 aliphatic heterocycles. The number of aryl methyl sites for hydroxylation is 2. The molecular formula is C10H12ClFO2S. The van der Waals surface area contributed by atoms with E-state index in [2.05, 4.69) is 0 Å². The summed E-state index contributed by atoms with van der Waals surface area (Å²) in [6, 6.07) is 1.69. The molecule has 0 aromatic heterocycles. The Morgan fingerprint density at radius 1 is 1.27 bits per heavy atom. The summed E-state index contributed by atoms with van der Waals surface area (Å²) >= 11 is 0. The van der Waals surface area contributed by atoms with Crippen molar-refractivity contribution in [2.75, 3.05) is 0 Å². The summed E-state index contributed by atoms with van der Waals surface area (Å²) in [6.45, 7) is 5.10. The highest BCUT2D eigenvalue weighted by Crippen LogP contribution is 2.23. The van der Waals surface area contributed by atoms with Crippen LogP contribution in [0.1, 0.15) is 22.3 Å². The second-order valence-electron chi connectivity index (χ2n) is 3.61. The van der Waals surface area contributed by atoms with Gasteiger partial charge in [0.2, 0.25) is 9.05 Å². The first-order valence-electron chi connectivity index (χ1n) is 4.40. The minimum atomic E-state index is -3.72. The van der Waals surface area contributed by atoms with E-state index in [1.165, 1.54) is 0 Å². The van der Waals surface area contributed by atoms with Crippen molar-refractivity contribution >= 4 is 19.7 Å². The standard InChI is InChI=1S/C10H12ClFO2S/c1-6-4-7(2)10(12)9(8(6)3)5-15(11,13)14/h4H,5H2,1-3H3. The van der Waals surface area contributed by atoms with E-state index in [1.54, 1.807) is 19.9 Å². The van der Waals surface area contributed by atoms with Gasteiger partial charge in [-0.25, -0.2) is 12.8 Å². The summed E-state index contributed by atoms with van der Waals surface area (Å²) in [5.41, 5.74) is 2.11. The summed E-state index contributed by atoms with van der Waals surface area (Å²) in [6.07, 6.45) is 0. The van der Waals surface area contributed by atoms with Crippen LogP contribution in [0.3, 0.4) is 0 Å². The predicted molar refractivity (Wildman–Crippen MR) is 59.1 cm³/mol. The highest BCUT2D eigenvalue weighted by atomic mass is 35.7. The SMILES string of the molecule is Cc1cc(C)c(F)c(CS(=O)(=O)Cl)c1C. The van der Waals surface area contributed by atoms with E-state index in [9.17, 15) is 12.8 Å². The number of benzene rings is 1. The molecule has 1 rings (SSSR count). The molecule has 0 atom stereocenters. The molecule has 0 aliphatic rings. The lowest BCUT2D eigenvalue weighted by Gasteiger charge is -2.10. The Hall–Kier alpha value is -0.610. The molecule has 5 heteroatoms. The van der Waals surface area contributed by atoms with Gasteiger partial charge in [-0.3, -0.25) is 0 Å². The van der Waals surface area contributed by atoms with Gasteiger partial charge in [-0.05, 0) is 37.5 Å². The van der Waals surface area contributed by atoms with Gasteiger partial charge in [-0.2, -0.15) is 0 Å². The molecule has 0 bridgehead atoms. The van der Waals surface area contributed by atoms with Gasteiger partial charge in [0.15, 0.2) is 0 Å². The summed E-state index contributed by atoms with van der Waals surface area (Å²) in [5, 5.41) is 0. The Labute approximate surface area is 93.5 Å². The van der Waals surface area contributed by atoms with Crippen molar-refractivity contribution in [2.24, 2.45) is 0 Å². The van der Waals surface area contributed by atoms with Crippen molar-refractivity contribution < 1.29 is 12.8 Å². The third-order valence-corrected chi connectivity index (χ3v) is 3.37. The maximum Gasteiger partial charge on any atom is 0.236 e. The fraction of sp³-hybridized carbons (Fsp3) is 0.400. The minimum Gasteiger partial charge on any atom is -0.212 e. The van der Waals surface area contributed by atoms with Crippen molar-refractivity contribution in [2.45, 2.75) is 26.5 Å². The van der Waals surface area contributed by atoms with Crippen LogP contribution in [-0.2, 0) is 14.8 Å². The number of rotatable bonds is 2. The molecule has 0 N–H and O–H groups in total. The second-order valence-corrected chi connectivity index (χ2v) is 6.39. The molecule has 15 heavy (non-hydrogen) atoms. The van der Waals surface area contributed by atoms with Crippen LogP contribution >= 0.6 is 10.7 Å². The van der Waals surface area contributed by atoms with Gasteiger partial charge in [-0.15, -0.1) is 0 Å². The maximum absolute atomic E-state index is 13.6. The number of halogens is 2. The Balaban J connectivity index is 3.40. The smallest absolute Gasteiger partial charge is 0.212 e. The van der Waals surface area contributed by atoms with Gasteiger partial charge in [0.1, 0.15) is 5.82 Å². The summed E-state index contributed by atoms with van der Waals surface area (Å²) in [5.74, 6) is -0.948. The second kappa shape index (κ2) is 4.10. The molecule has 0 unspecified atom stereocenters. The molecule has 0 aliphatic carbocycles. The highest BCUT2D eigenvalue weighted by molar-refractivity contribution is 8.13. The van der Waals surface area contributed by atoms with Crippen LogP contribution in [0.15, 0.2) is 6.07 Å². The zero-order valence-corrected chi connectivity index (χ0v) is 10.3. The molecule has 0 saturated heterocycles. The molecule has 0 saturated carbocycles. The normalized spacial score (nSPS) is 11.8. The summed E-state index contributed by atoms with van der Waals surface area (Å²) < 4.78 is 35.5. The molecule has 0 fully saturated rings. The Bertz CT molecular complexity index is 468. The molecular weight excluding hydrogens is 239 g/mol. The number of hydrogen-bond donors (Lipinski definition) is 0. The van der Waals surface area contributed by atoms with Gasteiger partial charge < -0.3 is 0 Å². The molecule has 1 aromatic carbocycles. The zero-order chi connectivity index (χ0) is 11.8. The Morgan fingerprint density at radius 2 is 1.80 bits per heavy atom. The lowest BCUT2D eigenvalue weighted by atomic mass is 10.0. The molecule has 1 aromatic rings. The monoisotopic (exact) mass is 250 g/mol. The number of hydrogen-bond acceptors (Lipinski definition) is 2. The van der Waals surface area contributed by atoms with E-state index in [4.69, 9.17) is 10.7 Å². The third kappa shape index (κ3) is 2.92. The zero-order valence-electron chi connectivity index (χ0n) is 8.77. The topological polar surface area (TPSA) is 34.1 Å². The van der Waals surface area contributed by atoms with Crippen LogP contribution in [0.2, 0.25) is 0 Å². The first kappa shape index (κ1) is 12.5. The summed E-state index contributed by atoms with van der Waals surface area (Å²) in [7, 11) is 1.40. The third-order valence-electron chi connectivity index (χ3n) is 2.41. The largest absolute Gasteiger partial charge is 0.236 e. The van der Waals surface area contributed by atoms with Gasteiger partial charge >= 0.3 is 0 Å². The first-order chi connectivity index (χ1) is 6.72. The average Bonchev–Trinajstić information content (AvgIpc) is 2.08. The quantitative estimate of drug-likeness (QED) is 0.757. The molecule has 2 nitrogen and oxygen atoms in total. The average molecular weight is 251 g/mol. The summed E-state index contributed by atoms with van der Waals surface area (Å²) in [4.78, 5) is 0. The van der Waals surface area contributed by atoms with E-state index < -0.39 is 20.6 Å². The maximum atomic E-state index is 13.6. The first-order valence-corrected chi connectivity index (χ1v) is 6.87. The molecule has 0 amide bonds. The van der Waals surface area contributed by atoms with Crippen molar-refractivity contribution in [3.05, 3.63) is 34.1 Å². The van der Waals surface area contributed by atoms with E-state index in [0.29, 0.717) is 11.1 Å². The Kier molecular flexibility index (Phi) is 3.41. The molecule has 0 spiro atoms. The molecule has 84 valence electrons. The van der Waals surface area contributed by atoms with Crippen LogP contribution in [0.5, 0.6) is 0 Å². The molecule has 0 radical (unpaired) electrons. The van der Waals surface area contributed by atoms with Crippen LogP contribution in [0.4, 0.5) is 4.39 Å². The lowest BCUT2D eigenvalue weighted by Crippen LogP contribution is -2.04. The van der Waals surface area contributed by atoms with E-state index >= 15 is 0 Å². The van der Waals surface area contributed by atoms with Crippen LogP contribution in [0.25, 0.3) is 0 Å². The van der Waals surface area contributed by atoms with Gasteiger partial charge in [-0.1, -0.05) is 6.07 Å². The predicted octanol–water partition coefficient (Wildman–Crippen LogP) is 2.82. The van der Waals surface area contributed by atoms with E-state index in [0.717, 1.165) is 5.56 Å². The van der Waals surface area contributed by atoms with Crippen molar-refractivity contribution in [3.8, 4) is 0 Å². The fourth-order valence-electron chi connectivity index (χ4n) is 1.48. The van der Waals surface area contributed by atoms with Crippen LogP contribution in [0, 0.1) is 26.6 Å². The Morgan fingerprint density at radius 3 is 2.27 bits per heavy atom.